The molecule has 0 atom stereocenters. The number of hydrogen-bond acceptors (Lipinski definition) is 4. The van der Waals surface area contributed by atoms with E-state index in [9.17, 15) is 4.39 Å². The summed E-state index contributed by atoms with van der Waals surface area (Å²) < 4.78 is 23.2. The molecule has 0 unspecified atom stereocenters. The first kappa shape index (κ1) is 31.0. The van der Waals surface area contributed by atoms with Gasteiger partial charge in [0.15, 0.2) is 0 Å². The molecule has 7 heteroatoms. The van der Waals surface area contributed by atoms with E-state index in [4.69, 9.17) is 9.40 Å². The molecule has 46 heavy (non-hydrogen) atoms. The monoisotopic (exact) mass is 781 g/mol. The SMILES string of the molecule is CC(C)(C)c1cncc2c1nc(-c1[c-]cc(F)c3c1oc1ccccc13)n2-c1ccccc1.[Ir].[c-]1ccccc1-c1ccccn1. The summed E-state index contributed by atoms with van der Waals surface area (Å²) in [5.41, 5.74) is 7.26. The summed E-state index contributed by atoms with van der Waals surface area (Å²) in [6.45, 7) is 6.43. The Morgan fingerprint density at radius 2 is 1.59 bits per heavy atom. The maximum absolute atomic E-state index is 15.0. The molecule has 1 radical (unpaired) electrons. The first-order valence-corrected chi connectivity index (χ1v) is 14.7. The zero-order valence-electron chi connectivity index (χ0n) is 25.5. The quantitative estimate of drug-likeness (QED) is 0.168. The fourth-order valence-corrected chi connectivity index (χ4v) is 5.52. The van der Waals surface area contributed by atoms with E-state index in [1.807, 2.05) is 114 Å². The van der Waals surface area contributed by atoms with Gasteiger partial charge < -0.3 is 14.0 Å². The number of fused-ring (bicyclic) bond motifs is 4. The van der Waals surface area contributed by atoms with Gasteiger partial charge in [-0.25, -0.2) is 0 Å². The predicted octanol–water partition coefficient (Wildman–Crippen LogP) is 9.77. The molecule has 8 aromatic rings. The van der Waals surface area contributed by atoms with Crippen molar-refractivity contribution >= 4 is 33.0 Å². The fourth-order valence-electron chi connectivity index (χ4n) is 5.52. The van der Waals surface area contributed by atoms with Crippen molar-refractivity contribution in [3.8, 4) is 28.3 Å². The first-order valence-electron chi connectivity index (χ1n) is 14.7. The van der Waals surface area contributed by atoms with Gasteiger partial charge in [-0.3, -0.25) is 14.4 Å². The second kappa shape index (κ2) is 12.8. The van der Waals surface area contributed by atoms with E-state index in [0.717, 1.165) is 38.9 Å². The molecular weight excluding hydrogens is 752 g/mol. The van der Waals surface area contributed by atoms with Crippen molar-refractivity contribution in [2.45, 2.75) is 26.2 Å². The molecule has 0 fully saturated rings. The molecule has 229 valence electrons. The van der Waals surface area contributed by atoms with E-state index in [1.54, 1.807) is 6.20 Å². The molecule has 8 rings (SSSR count). The van der Waals surface area contributed by atoms with Gasteiger partial charge in [0.2, 0.25) is 0 Å². The molecule has 4 heterocycles. The van der Waals surface area contributed by atoms with E-state index in [-0.39, 0.29) is 31.3 Å². The van der Waals surface area contributed by atoms with Crippen LogP contribution in [0.15, 0.2) is 126 Å². The van der Waals surface area contributed by atoms with Crippen LogP contribution in [0.1, 0.15) is 26.3 Å². The Bertz CT molecular complexity index is 2220. The topological polar surface area (TPSA) is 56.7 Å². The third-order valence-electron chi connectivity index (χ3n) is 7.67. The normalized spacial score (nSPS) is 11.3. The van der Waals surface area contributed by atoms with Gasteiger partial charge in [-0.05, 0) is 40.8 Å². The second-order valence-corrected chi connectivity index (χ2v) is 11.7. The number of para-hydroxylation sites is 2. The molecule has 0 aliphatic carbocycles. The fraction of sp³-hybridized carbons (Fsp3) is 0.103. The zero-order chi connectivity index (χ0) is 31.0. The molecule has 0 spiro atoms. The van der Waals surface area contributed by atoms with Crippen LogP contribution < -0.4 is 0 Å². The minimum absolute atomic E-state index is 0. The second-order valence-electron chi connectivity index (χ2n) is 11.7. The number of furan rings is 1. The molecule has 4 aromatic carbocycles. The predicted molar refractivity (Wildman–Crippen MR) is 178 cm³/mol. The summed E-state index contributed by atoms with van der Waals surface area (Å²) in [6.07, 6.45) is 5.49. The number of rotatable bonds is 3. The Morgan fingerprint density at radius 3 is 2.33 bits per heavy atom. The molecule has 4 aromatic heterocycles. The maximum Gasteiger partial charge on any atom is 0.121 e. The van der Waals surface area contributed by atoms with Crippen LogP contribution in [0, 0.1) is 17.9 Å². The van der Waals surface area contributed by atoms with Crippen molar-refractivity contribution in [3.05, 3.63) is 145 Å². The van der Waals surface area contributed by atoms with Crippen LogP contribution in [0.25, 0.3) is 61.3 Å². The molecular formula is C39H29FIrN4O-2. The number of nitrogens with zero attached hydrogens (tertiary/aromatic N) is 4. The third-order valence-corrected chi connectivity index (χ3v) is 7.67. The summed E-state index contributed by atoms with van der Waals surface area (Å²) in [7, 11) is 0. The Labute approximate surface area is 280 Å². The molecule has 0 saturated carbocycles. The van der Waals surface area contributed by atoms with Gasteiger partial charge in [0, 0.05) is 55.0 Å². The number of hydrogen-bond donors (Lipinski definition) is 0. The summed E-state index contributed by atoms with van der Waals surface area (Å²) in [6, 6.07) is 38.8. The van der Waals surface area contributed by atoms with Crippen molar-refractivity contribution in [3.63, 3.8) is 0 Å². The van der Waals surface area contributed by atoms with Gasteiger partial charge in [-0.2, -0.15) is 0 Å². The Kier molecular flexibility index (Phi) is 8.63. The summed E-state index contributed by atoms with van der Waals surface area (Å²) in [5.74, 6) is 0.275. The van der Waals surface area contributed by atoms with Gasteiger partial charge >= 0.3 is 0 Å². The number of benzene rings is 4. The van der Waals surface area contributed by atoms with Crippen LogP contribution in [0.3, 0.4) is 0 Å². The van der Waals surface area contributed by atoms with E-state index >= 15 is 0 Å². The van der Waals surface area contributed by atoms with Crippen molar-refractivity contribution in [2.24, 2.45) is 0 Å². The Hall–Kier alpha value is -4.97. The van der Waals surface area contributed by atoms with Crippen LogP contribution in [0.4, 0.5) is 4.39 Å². The van der Waals surface area contributed by atoms with Gasteiger partial charge in [0.1, 0.15) is 5.58 Å². The molecule has 0 aliphatic rings. The molecule has 0 N–H and O–H groups in total. The van der Waals surface area contributed by atoms with Crippen LogP contribution in [-0.4, -0.2) is 19.5 Å². The molecule has 0 saturated heterocycles. The smallest absolute Gasteiger partial charge is 0.121 e. The van der Waals surface area contributed by atoms with E-state index in [1.165, 1.54) is 6.07 Å². The maximum atomic E-state index is 15.0. The number of imidazole rings is 1. The molecule has 0 amide bonds. The average Bonchev–Trinajstić information content (AvgIpc) is 3.66. The van der Waals surface area contributed by atoms with E-state index in [2.05, 4.69) is 42.9 Å². The molecule has 0 aliphatic heterocycles. The molecule has 0 bridgehead atoms. The minimum Gasteiger partial charge on any atom is -0.500 e. The van der Waals surface area contributed by atoms with E-state index in [0.29, 0.717) is 27.9 Å². The largest absolute Gasteiger partial charge is 0.500 e. The van der Waals surface area contributed by atoms with Crippen molar-refractivity contribution in [1.82, 2.24) is 19.5 Å². The Balaban J connectivity index is 0.000000241. The standard InChI is InChI=1S/C28H21FN3O.C11H8N.Ir/c1-28(2,3)20-15-30-16-22-25(20)31-27(32(22)17-9-5-4-6-10-17)19-13-14-21(29)24-18-11-7-8-12-23(18)33-26(19)24;1-2-6-10(7-3-1)11-8-4-5-9-12-11;/h4-12,14-16H,1-3H3;1-6,8-9H;/q2*-1;. The number of aromatic nitrogens is 4. The first-order chi connectivity index (χ1) is 21.9. The van der Waals surface area contributed by atoms with Crippen LogP contribution in [-0.2, 0) is 25.5 Å². The van der Waals surface area contributed by atoms with Crippen molar-refractivity contribution in [2.75, 3.05) is 0 Å². The van der Waals surface area contributed by atoms with Crippen molar-refractivity contribution < 1.29 is 28.9 Å². The van der Waals surface area contributed by atoms with Gasteiger partial charge in [0.25, 0.3) is 0 Å². The van der Waals surface area contributed by atoms with Crippen LogP contribution >= 0.6 is 0 Å². The summed E-state index contributed by atoms with van der Waals surface area (Å²) in [5, 5.41) is 1.18. The number of halogens is 1. The zero-order valence-corrected chi connectivity index (χ0v) is 27.9. The van der Waals surface area contributed by atoms with Crippen LogP contribution in [0.2, 0.25) is 0 Å². The summed E-state index contributed by atoms with van der Waals surface area (Å²) >= 11 is 0. The number of pyridine rings is 2. The van der Waals surface area contributed by atoms with Gasteiger partial charge in [-0.15, -0.1) is 48.0 Å². The average molecular weight is 781 g/mol. The van der Waals surface area contributed by atoms with Gasteiger partial charge in [0.05, 0.1) is 28.6 Å². The van der Waals surface area contributed by atoms with Gasteiger partial charge in [-0.1, -0.05) is 74.9 Å². The third kappa shape index (κ3) is 5.76. The van der Waals surface area contributed by atoms with Crippen molar-refractivity contribution in [1.29, 1.82) is 0 Å². The Morgan fingerprint density at radius 1 is 0.826 bits per heavy atom. The van der Waals surface area contributed by atoms with E-state index < -0.39 is 0 Å². The van der Waals surface area contributed by atoms with Crippen LogP contribution in [0.5, 0.6) is 0 Å². The molecule has 5 nitrogen and oxygen atoms in total. The minimum atomic E-state index is -0.363. The summed E-state index contributed by atoms with van der Waals surface area (Å²) in [4.78, 5) is 13.8.